The van der Waals surface area contributed by atoms with E-state index in [4.69, 9.17) is 0 Å². The third-order valence-electron chi connectivity index (χ3n) is 13.9. The number of halogens is 2. The average Bonchev–Trinajstić information content (AvgIpc) is 4.10. The maximum Gasteiger partial charge on any atom is 0.246 e. The van der Waals surface area contributed by atoms with E-state index in [-0.39, 0.29) is 72.4 Å². The Morgan fingerprint density at radius 3 is 2.23 bits per heavy atom. The van der Waals surface area contributed by atoms with Gasteiger partial charge in [-0.15, -0.1) is 11.3 Å². The molecule has 8 rings (SSSR count). The zero-order chi connectivity index (χ0) is 53.6. The fourth-order valence-corrected chi connectivity index (χ4v) is 10.7. The van der Waals surface area contributed by atoms with Crippen molar-refractivity contribution < 1.29 is 33.1 Å². The lowest BCUT2D eigenvalue weighted by Gasteiger charge is -2.35. The van der Waals surface area contributed by atoms with Gasteiger partial charge < -0.3 is 35.4 Å². The third kappa shape index (κ3) is 13.4. The van der Waals surface area contributed by atoms with Crippen molar-refractivity contribution in [3.05, 3.63) is 101 Å². The number of fused-ring (bicyclic) bond motifs is 1. The minimum Gasteiger partial charge on any atom is -0.391 e. The normalized spacial score (nSPS) is 16.7. The Morgan fingerprint density at radius 1 is 0.840 bits per heavy atom. The summed E-state index contributed by atoms with van der Waals surface area (Å²) in [6, 6.07) is 12.8. The van der Waals surface area contributed by atoms with Crippen LogP contribution in [0, 0.1) is 30.9 Å². The van der Waals surface area contributed by atoms with Crippen molar-refractivity contribution in [3.63, 3.8) is 0 Å². The maximum atomic E-state index is 15.2. The second-order valence-corrected chi connectivity index (χ2v) is 21.9. The minimum absolute atomic E-state index is 0.00115. The van der Waals surface area contributed by atoms with Crippen molar-refractivity contribution in [1.82, 2.24) is 54.8 Å². The van der Waals surface area contributed by atoms with Gasteiger partial charge in [0.05, 0.1) is 33.9 Å². The molecule has 0 aliphatic carbocycles. The van der Waals surface area contributed by atoms with Gasteiger partial charge in [0.2, 0.25) is 29.6 Å². The zero-order valence-corrected chi connectivity index (χ0v) is 44.6. The highest BCUT2D eigenvalue weighted by Crippen LogP contribution is 2.32. The van der Waals surface area contributed by atoms with Gasteiger partial charge in [0.25, 0.3) is 0 Å². The van der Waals surface area contributed by atoms with E-state index in [9.17, 15) is 24.3 Å². The van der Waals surface area contributed by atoms with Gasteiger partial charge in [-0.3, -0.25) is 24.1 Å². The standard InChI is InChI=1S/C55H68F2N12O5S/c1-33(2)69-35(4)62-49-41(56)24-39(25-43(49)69)48-42(57)29-60-54(65-48)63-45-19-16-37(28-58-45)30-66-20-22-67(23-21-66)47(72)13-11-9-8-10-12-46(71)64-51(55(5,6)7)53(74)68-31-40(70)26-44(68)52(73)59-27-36-14-17-38(18-15-36)50-34(3)61-32-75-50/h14-19,24-25,28-29,32-33,40,44,51,70H,8-13,20-23,26-27,30-31H2,1-7H3,(H,59,73)(H,64,71)(H,58,60,63,65)/t40?,44-,51+/m0/s1. The average molecular weight is 1050 g/mol. The van der Waals surface area contributed by atoms with E-state index in [1.807, 2.05) is 93.8 Å². The number of likely N-dealkylation sites (tertiary alicyclic amines) is 1. The molecule has 398 valence electrons. The van der Waals surface area contributed by atoms with Crippen molar-refractivity contribution in [2.45, 2.75) is 131 Å². The molecule has 2 aliphatic rings. The van der Waals surface area contributed by atoms with E-state index in [0.29, 0.717) is 69.1 Å². The number of amides is 4. The molecule has 20 heteroatoms. The number of nitrogens with one attached hydrogen (secondary N) is 3. The highest BCUT2D eigenvalue weighted by Gasteiger charge is 2.44. The Bertz CT molecular complexity index is 2990. The number of piperazine rings is 1. The summed E-state index contributed by atoms with van der Waals surface area (Å²) in [6.07, 6.45) is 5.53. The van der Waals surface area contributed by atoms with Crippen LogP contribution >= 0.6 is 11.3 Å². The zero-order valence-electron chi connectivity index (χ0n) is 43.8. The molecule has 6 heterocycles. The summed E-state index contributed by atoms with van der Waals surface area (Å²) < 4.78 is 32.2. The number of nitrogens with zero attached hydrogens (tertiary/aromatic N) is 9. The van der Waals surface area contributed by atoms with Crippen LogP contribution in [0.3, 0.4) is 0 Å². The van der Waals surface area contributed by atoms with Gasteiger partial charge in [-0.1, -0.05) is 63.9 Å². The first-order chi connectivity index (χ1) is 35.8. The molecular weight excluding hydrogens is 979 g/mol. The van der Waals surface area contributed by atoms with E-state index in [1.54, 1.807) is 29.7 Å². The van der Waals surface area contributed by atoms with Crippen LogP contribution in [0.2, 0.25) is 0 Å². The van der Waals surface area contributed by atoms with Crippen LogP contribution in [0.15, 0.2) is 66.4 Å². The van der Waals surface area contributed by atoms with E-state index in [0.717, 1.165) is 46.3 Å². The van der Waals surface area contributed by atoms with E-state index in [1.165, 1.54) is 11.0 Å². The highest BCUT2D eigenvalue weighted by atomic mass is 32.1. The summed E-state index contributed by atoms with van der Waals surface area (Å²) in [5.41, 5.74) is 6.04. The quantitative estimate of drug-likeness (QED) is 0.0570. The molecule has 0 saturated carbocycles. The summed E-state index contributed by atoms with van der Waals surface area (Å²) in [7, 11) is 0. The number of rotatable bonds is 19. The lowest BCUT2D eigenvalue weighted by Crippen LogP contribution is -2.57. The summed E-state index contributed by atoms with van der Waals surface area (Å²) in [5.74, 6) is -0.922. The Morgan fingerprint density at radius 2 is 1.56 bits per heavy atom. The number of aliphatic hydroxyl groups excluding tert-OH is 1. The van der Waals surface area contributed by atoms with Crippen LogP contribution in [-0.2, 0) is 32.3 Å². The van der Waals surface area contributed by atoms with Gasteiger partial charge in [0.15, 0.2) is 11.6 Å². The lowest BCUT2D eigenvalue weighted by atomic mass is 9.85. The Labute approximate surface area is 440 Å². The molecule has 0 spiro atoms. The summed E-state index contributed by atoms with van der Waals surface area (Å²) in [5, 5.41) is 19.5. The fourth-order valence-electron chi connectivity index (χ4n) is 9.89. The van der Waals surface area contributed by atoms with Crippen molar-refractivity contribution in [3.8, 4) is 21.7 Å². The Kier molecular flexibility index (Phi) is 17.3. The maximum absolute atomic E-state index is 15.2. The van der Waals surface area contributed by atoms with Crippen molar-refractivity contribution in [2.75, 3.05) is 38.0 Å². The number of thiazole rings is 1. The number of aromatic nitrogens is 6. The molecule has 3 atom stereocenters. The highest BCUT2D eigenvalue weighted by molar-refractivity contribution is 7.13. The number of imidazole rings is 1. The predicted molar refractivity (Wildman–Crippen MR) is 285 cm³/mol. The molecule has 2 fully saturated rings. The first-order valence-corrected chi connectivity index (χ1v) is 26.7. The van der Waals surface area contributed by atoms with Crippen LogP contribution in [0.4, 0.5) is 20.5 Å². The molecule has 75 heavy (non-hydrogen) atoms. The van der Waals surface area contributed by atoms with E-state index >= 15 is 8.78 Å². The van der Waals surface area contributed by atoms with Crippen molar-refractivity contribution in [1.29, 1.82) is 0 Å². The Hall–Kier alpha value is -6.77. The van der Waals surface area contributed by atoms with Gasteiger partial charge in [-0.05, 0) is 80.8 Å². The van der Waals surface area contributed by atoms with Gasteiger partial charge in [0.1, 0.15) is 34.9 Å². The number of hydrogen-bond acceptors (Lipinski definition) is 13. The number of benzene rings is 2. The van der Waals surface area contributed by atoms with Crippen LogP contribution in [0.1, 0.15) is 108 Å². The van der Waals surface area contributed by atoms with Crippen LogP contribution < -0.4 is 16.0 Å². The van der Waals surface area contributed by atoms with Crippen molar-refractivity contribution in [2.24, 2.45) is 5.41 Å². The van der Waals surface area contributed by atoms with E-state index < -0.39 is 41.1 Å². The lowest BCUT2D eigenvalue weighted by molar-refractivity contribution is -0.144. The van der Waals surface area contributed by atoms with Gasteiger partial charge in [-0.2, -0.15) is 0 Å². The number of hydrogen-bond donors (Lipinski definition) is 4. The second-order valence-electron chi connectivity index (χ2n) is 21.0. The number of aryl methyl sites for hydroxylation is 2. The minimum atomic E-state index is -0.902. The van der Waals surface area contributed by atoms with Gasteiger partial charge in [0, 0.05) is 82.9 Å². The smallest absolute Gasteiger partial charge is 0.246 e. The van der Waals surface area contributed by atoms with E-state index in [2.05, 4.69) is 45.8 Å². The molecule has 0 radical (unpaired) electrons. The van der Waals surface area contributed by atoms with Gasteiger partial charge in [-0.25, -0.2) is 33.7 Å². The van der Waals surface area contributed by atoms with Crippen LogP contribution in [-0.4, -0.2) is 124 Å². The topological polar surface area (TPSA) is 204 Å². The first-order valence-electron chi connectivity index (χ1n) is 25.8. The number of unbranched alkanes of at least 4 members (excludes halogenated alkanes) is 3. The molecular formula is C55H68F2N12O5S. The molecule has 2 aliphatic heterocycles. The number of pyridine rings is 1. The number of β-amino-alcohol motifs (C(OH)–C–C–N with tert-alkyl or cyclic N) is 1. The number of anilines is 2. The number of carbonyl (C=O) groups is 4. The van der Waals surface area contributed by atoms with Crippen molar-refractivity contribution >= 4 is 57.8 Å². The van der Waals surface area contributed by atoms with Gasteiger partial charge >= 0.3 is 0 Å². The molecule has 1 unspecified atom stereocenters. The molecule has 4 aromatic heterocycles. The summed E-state index contributed by atoms with van der Waals surface area (Å²) in [4.78, 5) is 82.3. The molecule has 2 saturated heterocycles. The number of aliphatic hydroxyl groups is 1. The SMILES string of the molecule is Cc1ncsc1-c1ccc(CNC(=O)[C@@H]2CC(O)CN2C(=O)[C@@H](NC(=O)CCCCCCC(=O)N2CCN(Cc3ccc(Nc4ncc(F)c(-c5cc(F)c6nc(C)n(C(C)C)c6c5)n4)nc3)CC2)C(C)(C)C)cc1. The predicted octanol–water partition coefficient (Wildman–Crippen LogP) is 8.03. The largest absolute Gasteiger partial charge is 0.391 e. The summed E-state index contributed by atoms with van der Waals surface area (Å²) in [6.45, 7) is 16.9. The Balaban J connectivity index is 0.727. The molecule has 0 bridgehead atoms. The molecule has 2 aromatic carbocycles. The third-order valence-corrected chi connectivity index (χ3v) is 14.9. The van der Waals surface area contributed by atoms with Crippen LogP contribution in [0.5, 0.6) is 0 Å². The molecule has 6 aromatic rings. The monoisotopic (exact) mass is 1050 g/mol. The fraction of sp³-hybridized carbons (Fsp3) is 0.473. The second kappa shape index (κ2) is 23.8. The summed E-state index contributed by atoms with van der Waals surface area (Å²) >= 11 is 1.57. The first kappa shape index (κ1) is 54.5. The molecule has 4 amide bonds. The van der Waals surface area contributed by atoms with Crippen LogP contribution in [0.25, 0.3) is 32.7 Å². The molecule has 4 N–H and O–H groups in total. The molecule has 17 nitrogen and oxygen atoms in total. The number of carbonyl (C=O) groups excluding carboxylic acids is 4.